The van der Waals surface area contributed by atoms with Crippen LogP contribution in [0.25, 0.3) is 0 Å². The van der Waals surface area contributed by atoms with Crippen LogP contribution in [0.5, 0.6) is 0 Å². The van der Waals surface area contributed by atoms with Crippen molar-refractivity contribution in [2.75, 3.05) is 13.1 Å². The molecule has 130 valence electrons. The van der Waals surface area contributed by atoms with Gasteiger partial charge in [-0.1, -0.05) is 18.2 Å². The van der Waals surface area contributed by atoms with Gasteiger partial charge in [-0.15, -0.1) is 0 Å². The van der Waals surface area contributed by atoms with Gasteiger partial charge in [-0.25, -0.2) is 14.0 Å². The second-order valence-corrected chi connectivity index (χ2v) is 5.37. The number of aliphatic carboxylic acids is 2. The molecule has 9 heteroatoms. The van der Waals surface area contributed by atoms with Crippen LogP contribution >= 0.6 is 0 Å². The van der Waals surface area contributed by atoms with Gasteiger partial charge in [0.15, 0.2) is 0 Å². The first-order chi connectivity index (χ1) is 11.4. The zero-order valence-corrected chi connectivity index (χ0v) is 12.6. The van der Waals surface area contributed by atoms with E-state index in [0.717, 1.165) is 0 Å². The first kappa shape index (κ1) is 17.7. The van der Waals surface area contributed by atoms with Gasteiger partial charge in [-0.3, -0.25) is 4.79 Å². The Hall–Kier alpha value is -2.68. The predicted octanol–water partition coefficient (Wildman–Crippen LogP) is 0.664. The number of carbonyl (C=O) groups is 3. The molecule has 0 saturated carbocycles. The van der Waals surface area contributed by atoms with E-state index in [0.29, 0.717) is 5.56 Å². The normalized spacial score (nSPS) is 15.5. The number of rotatable bonds is 7. The van der Waals surface area contributed by atoms with Crippen molar-refractivity contribution in [3.63, 3.8) is 0 Å². The van der Waals surface area contributed by atoms with Crippen molar-refractivity contribution in [3.8, 4) is 0 Å². The van der Waals surface area contributed by atoms with E-state index in [2.05, 4.69) is 5.32 Å². The highest BCUT2D eigenvalue weighted by Gasteiger charge is 2.34. The van der Waals surface area contributed by atoms with E-state index in [4.69, 9.17) is 14.9 Å². The first-order valence-corrected chi connectivity index (χ1v) is 7.22. The maximum absolute atomic E-state index is 13.4. The van der Waals surface area contributed by atoms with Gasteiger partial charge in [0.25, 0.3) is 0 Å². The molecule has 1 aliphatic heterocycles. The lowest BCUT2D eigenvalue weighted by Crippen LogP contribution is -2.59. The predicted molar refractivity (Wildman–Crippen MR) is 78.8 cm³/mol. The fraction of sp³-hybridized carbons (Fsp3) is 0.400. The molecule has 24 heavy (non-hydrogen) atoms. The summed E-state index contributed by atoms with van der Waals surface area (Å²) in [6.45, 7) is 0.517. The summed E-state index contributed by atoms with van der Waals surface area (Å²) in [5.41, 5.74) is 0.410. The van der Waals surface area contributed by atoms with E-state index in [1.165, 1.54) is 11.0 Å². The molecule has 2 amide bonds. The van der Waals surface area contributed by atoms with Gasteiger partial charge in [-0.2, -0.15) is 0 Å². The van der Waals surface area contributed by atoms with Crippen LogP contribution in [0.3, 0.4) is 0 Å². The van der Waals surface area contributed by atoms with E-state index in [-0.39, 0.29) is 31.6 Å². The standard InChI is InChI=1S/C15H17FN2O6/c16-11-4-2-1-3-9(11)8-24-10-6-18(7-10)15(23)17-12(14(21)22)5-13(19)20/h1-4,10,12H,5-8H2,(H,17,23)(H,19,20)(H,21,22). The van der Waals surface area contributed by atoms with Crippen molar-refractivity contribution in [1.82, 2.24) is 10.2 Å². The summed E-state index contributed by atoms with van der Waals surface area (Å²) in [4.78, 5) is 34.6. The van der Waals surface area contributed by atoms with E-state index >= 15 is 0 Å². The highest BCUT2D eigenvalue weighted by Crippen LogP contribution is 2.16. The summed E-state index contributed by atoms with van der Waals surface area (Å²) in [6.07, 6.45) is -0.986. The van der Waals surface area contributed by atoms with Gasteiger partial charge < -0.3 is 25.2 Å². The fourth-order valence-corrected chi connectivity index (χ4v) is 2.15. The lowest BCUT2D eigenvalue weighted by molar-refractivity contribution is -0.145. The Labute approximate surface area is 136 Å². The van der Waals surface area contributed by atoms with Crippen molar-refractivity contribution in [1.29, 1.82) is 0 Å². The van der Waals surface area contributed by atoms with Crippen LogP contribution in [0.15, 0.2) is 24.3 Å². The number of hydrogen-bond acceptors (Lipinski definition) is 4. The molecule has 0 bridgehead atoms. The molecule has 0 aliphatic carbocycles. The third kappa shape index (κ3) is 4.66. The Kier molecular flexibility index (Phi) is 5.69. The number of carboxylic acids is 2. The second kappa shape index (κ2) is 7.73. The molecule has 1 aliphatic rings. The number of carboxylic acid groups (broad SMARTS) is 2. The molecule has 3 N–H and O–H groups in total. The quantitative estimate of drug-likeness (QED) is 0.672. The number of amides is 2. The Morgan fingerprint density at radius 3 is 2.54 bits per heavy atom. The van der Waals surface area contributed by atoms with Gasteiger partial charge in [0.1, 0.15) is 11.9 Å². The van der Waals surface area contributed by atoms with Gasteiger partial charge in [0.05, 0.1) is 32.2 Å². The van der Waals surface area contributed by atoms with Gasteiger partial charge in [0, 0.05) is 5.56 Å². The average Bonchev–Trinajstić information content (AvgIpc) is 2.46. The number of hydrogen-bond donors (Lipinski definition) is 3. The van der Waals surface area contributed by atoms with E-state index < -0.39 is 30.4 Å². The zero-order chi connectivity index (χ0) is 17.7. The summed E-state index contributed by atoms with van der Waals surface area (Å²) in [5.74, 6) is -3.11. The molecule has 1 aromatic rings. The SMILES string of the molecule is O=C(O)CC(NC(=O)N1CC(OCc2ccccc2F)C1)C(=O)O. The van der Waals surface area contributed by atoms with Crippen LogP contribution < -0.4 is 5.32 Å². The van der Waals surface area contributed by atoms with Crippen LogP contribution in [0, 0.1) is 5.82 Å². The number of carbonyl (C=O) groups excluding carboxylic acids is 1. The van der Waals surface area contributed by atoms with Crippen molar-refractivity contribution >= 4 is 18.0 Å². The molecule has 2 rings (SSSR count). The Bertz CT molecular complexity index is 632. The topological polar surface area (TPSA) is 116 Å². The van der Waals surface area contributed by atoms with Gasteiger partial charge in [0.2, 0.25) is 0 Å². The van der Waals surface area contributed by atoms with Gasteiger partial charge >= 0.3 is 18.0 Å². The van der Waals surface area contributed by atoms with E-state index in [1.54, 1.807) is 18.2 Å². The molecule has 1 heterocycles. The molecule has 1 unspecified atom stereocenters. The van der Waals surface area contributed by atoms with Crippen LogP contribution in [-0.2, 0) is 20.9 Å². The van der Waals surface area contributed by atoms with E-state index in [1.807, 2.05) is 0 Å². The molecule has 0 aromatic heterocycles. The molecule has 0 radical (unpaired) electrons. The fourth-order valence-electron chi connectivity index (χ4n) is 2.15. The van der Waals surface area contributed by atoms with Crippen molar-refractivity contribution < 1.29 is 33.7 Å². The third-order valence-corrected chi connectivity index (χ3v) is 3.54. The Morgan fingerprint density at radius 1 is 1.29 bits per heavy atom. The second-order valence-electron chi connectivity index (χ2n) is 5.37. The molecule has 1 saturated heterocycles. The van der Waals surface area contributed by atoms with Crippen LogP contribution in [0.1, 0.15) is 12.0 Å². The number of ether oxygens (including phenoxy) is 1. The highest BCUT2D eigenvalue weighted by molar-refractivity contribution is 5.86. The van der Waals surface area contributed by atoms with Crippen LogP contribution in [0.2, 0.25) is 0 Å². The first-order valence-electron chi connectivity index (χ1n) is 7.22. The Balaban J connectivity index is 1.75. The minimum Gasteiger partial charge on any atom is -0.481 e. The van der Waals surface area contributed by atoms with Gasteiger partial charge in [-0.05, 0) is 6.07 Å². The maximum Gasteiger partial charge on any atom is 0.326 e. The van der Waals surface area contributed by atoms with Crippen molar-refractivity contribution in [3.05, 3.63) is 35.6 Å². The van der Waals surface area contributed by atoms with Crippen molar-refractivity contribution in [2.24, 2.45) is 0 Å². The molecular weight excluding hydrogens is 323 g/mol. The molecule has 1 aromatic carbocycles. The third-order valence-electron chi connectivity index (χ3n) is 3.54. The average molecular weight is 340 g/mol. The number of likely N-dealkylation sites (tertiary alicyclic amines) is 1. The molecule has 8 nitrogen and oxygen atoms in total. The summed E-state index contributed by atoms with van der Waals surface area (Å²) < 4.78 is 18.9. The largest absolute Gasteiger partial charge is 0.481 e. The van der Waals surface area contributed by atoms with E-state index in [9.17, 15) is 18.8 Å². The number of urea groups is 1. The maximum atomic E-state index is 13.4. The zero-order valence-electron chi connectivity index (χ0n) is 12.6. The summed E-state index contributed by atoms with van der Waals surface area (Å²) >= 11 is 0. The summed E-state index contributed by atoms with van der Waals surface area (Å²) in [6, 6.07) is 4.03. The van der Waals surface area contributed by atoms with Crippen LogP contribution in [0.4, 0.5) is 9.18 Å². The number of benzene rings is 1. The van der Waals surface area contributed by atoms with Crippen LogP contribution in [-0.4, -0.2) is 58.3 Å². The molecular formula is C15H17FN2O6. The van der Waals surface area contributed by atoms with Crippen molar-refractivity contribution in [2.45, 2.75) is 25.2 Å². The lowest BCUT2D eigenvalue weighted by Gasteiger charge is -2.39. The number of nitrogens with zero attached hydrogens (tertiary/aromatic N) is 1. The molecule has 0 spiro atoms. The molecule has 1 fully saturated rings. The monoisotopic (exact) mass is 340 g/mol. The number of halogens is 1. The summed E-state index contributed by atoms with van der Waals surface area (Å²) in [5, 5.41) is 19.6. The highest BCUT2D eigenvalue weighted by atomic mass is 19.1. The summed E-state index contributed by atoms with van der Waals surface area (Å²) in [7, 11) is 0. The smallest absolute Gasteiger partial charge is 0.326 e. The minimum atomic E-state index is -1.49. The Morgan fingerprint density at radius 2 is 1.96 bits per heavy atom. The number of nitrogens with one attached hydrogen (secondary N) is 1. The minimum absolute atomic E-state index is 0.0730. The lowest BCUT2D eigenvalue weighted by atomic mass is 10.1. The molecule has 1 atom stereocenters.